The van der Waals surface area contributed by atoms with Crippen LogP contribution in [0.1, 0.15) is 39.2 Å². The number of benzene rings is 1. The Morgan fingerprint density at radius 2 is 1.73 bits per heavy atom. The molecular weight excluding hydrogens is 278 g/mol. The SMILES string of the molecule is CCCN(CCC)C(=O)CN(C(C)=O)c1ccccc1C#N. The monoisotopic (exact) mass is 301 g/mol. The van der Waals surface area contributed by atoms with Gasteiger partial charge >= 0.3 is 0 Å². The number of amides is 2. The van der Waals surface area contributed by atoms with E-state index in [-0.39, 0.29) is 18.4 Å². The Hall–Kier alpha value is -2.35. The first-order valence-electron chi connectivity index (χ1n) is 7.60. The van der Waals surface area contributed by atoms with Gasteiger partial charge in [-0.05, 0) is 25.0 Å². The van der Waals surface area contributed by atoms with Crippen molar-refractivity contribution in [2.75, 3.05) is 24.5 Å². The Labute approximate surface area is 132 Å². The Kier molecular flexibility index (Phi) is 7.11. The van der Waals surface area contributed by atoms with Crippen LogP contribution in [0.25, 0.3) is 0 Å². The molecule has 0 saturated carbocycles. The number of carbonyl (C=O) groups excluding carboxylic acids is 2. The molecule has 118 valence electrons. The van der Waals surface area contributed by atoms with E-state index in [0.29, 0.717) is 24.3 Å². The van der Waals surface area contributed by atoms with Crippen LogP contribution in [0.5, 0.6) is 0 Å². The maximum Gasteiger partial charge on any atom is 0.242 e. The molecule has 0 aliphatic carbocycles. The lowest BCUT2D eigenvalue weighted by Gasteiger charge is -2.27. The van der Waals surface area contributed by atoms with E-state index in [4.69, 9.17) is 0 Å². The standard InChI is InChI=1S/C17H23N3O2/c1-4-10-19(11-5-2)17(22)13-20(14(3)21)16-9-7-6-8-15(16)12-18/h6-9H,4-5,10-11,13H2,1-3H3. The highest BCUT2D eigenvalue weighted by Gasteiger charge is 2.21. The summed E-state index contributed by atoms with van der Waals surface area (Å²) in [5.74, 6) is -0.337. The maximum absolute atomic E-state index is 12.5. The molecule has 0 saturated heterocycles. The molecule has 0 heterocycles. The fourth-order valence-corrected chi connectivity index (χ4v) is 2.31. The molecule has 0 unspecified atom stereocenters. The van der Waals surface area contributed by atoms with Gasteiger partial charge in [0.2, 0.25) is 11.8 Å². The Bertz CT molecular complexity index is 557. The predicted octanol–water partition coefficient (Wildman–Crippen LogP) is 2.56. The van der Waals surface area contributed by atoms with Gasteiger partial charge in [-0.15, -0.1) is 0 Å². The van der Waals surface area contributed by atoms with Crippen molar-refractivity contribution in [2.45, 2.75) is 33.6 Å². The van der Waals surface area contributed by atoms with E-state index in [0.717, 1.165) is 12.8 Å². The van der Waals surface area contributed by atoms with E-state index in [1.165, 1.54) is 11.8 Å². The summed E-state index contributed by atoms with van der Waals surface area (Å²) in [4.78, 5) is 27.5. The Morgan fingerprint density at radius 3 is 2.23 bits per heavy atom. The lowest BCUT2D eigenvalue weighted by molar-refractivity contribution is -0.131. The van der Waals surface area contributed by atoms with Crippen LogP contribution in [0.4, 0.5) is 5.69 Å². The molecule has 0 aromatic heterocycles. The van der Waals surface area contributed by atoms with E-state index in [9.17, 15) is 14.9 Å². The van der Waals surface area contributed by atoms with Crippen molar-refractivity contribution >= 4 is 17.5 Å². The Balaban J connectivity index is 3.00. The summed E-state index contributed by atoms with van der Waals surface area (Å²) in [6.45, 7) is 6.77. The molecule has 2 amide bonds. The van der Waals surface area contributed by atoms with Crippen LogP contribution in [-0.4, -0.2) is 36.3 Å². The largest absolute Gasteiger partial charge is 0.341 e. The first kappa shape index (κ1) is 17.7. The van der Waals surface area contributed by atoms with Crippen LogP contribution in [0.15, 0.2) is 24.3 Å². The van der Waals surface area contributed by atoms with Gasteiger partial charge in [-0.2, -0.15) is 5.26 Å². The second-order valence-corrected chi connectivity index (χ2v) is 5.11. The number of rotatable bonds is 7. The van der Waals surface area contributed by atoms with Crippen molar-refractivity contribution in [3.63, 3.8) is 0 Å². The molecule has 22 heavy (non-hydrogen) atoms. The molecule has 1 rings (SSSR count). The average Bonchev–Trinajstić information content (AvgIpc) is 2.51. The normalized spacial score (nSPS) is 9.91. The van der Waals surface area contributed by atoms with Gasteiger partial charge in [0.1, 0.15) is 12.6 Å². The number of hydrogen-bond acceptors (Lipinski definition) is 3. The van der Waals surface area contributed by atoms with Gasteiger partial charge in [-0.25, -0.2) is 0 Å². The van der Waals surface area contributed by atoms with Crippen molar-refractivity contribution in [2.24, 2.45) is 0 Å². The quantitative estimate of drug-likeness (QED) is 0.777. The number of nitrogens with zero attached hydrogens (tertiary/aromatic N) is 3. The fourth-order valence-electron chi connectivity index (χ4n) is 2.31. The number of anilines is 1. The molecule has 5 nitrogen and oxygen atoms in total. The van der Waals surface area contributed by atoms with Crippen LogP contribution in [-0.2, 0) is 9.59 Å². The average molecular weight is 301 g/mol. The molecule has 0 aliphatic rings. The van der Waals surface area contributed by atoms with Crippen LogP contribution in [0.3, 0.4) is 0 Å². The van der Waals surface area contributed by atoms with Crippen LogP contribution in [0.2, 0.25) is 0 Å². The lowest BCUT2D eigenvalue weighted by Crippen LogP contribution is -2.43. The summed E-state index contributed by atoms with van der Waals surface area (Å²) in [7, 11) is 0. The number of hydrogen-bond donors (Lipinski definition) is 0. The van der Waals surface area contributed by atoms with E-state index in [1.807, 2.05) is 13.8 Å². The lowest BCUT2D eigenvalue weighted by atomic mass is 10.1. The van der Waals surface area contributed by atoms with Crippen LogP contribution in [0, 0.1) is 11.3 Å². The van der Waals surface area contributed by atoms with Crippen LogP contribution >= 0.6 is 0 Å². The number of nitriles is 1. The summed E-state index contributed by atoms with van der Waals surface area (Å²) in [5.41, 5.74) is 0.877. The van der Waals surface area contributed by atoms with Crippen molar-refractivity contribution < 1.29 is 9.59 Å². The van der Waals surface area contributed by atoms with Gasteiger partial charge < -0.3 is 9.80 Å². The zero-order valence-corrected chi connectivity index (χ0v) is 13.5. The third-order valence-corrected chi connectivity index (χ3v) is 3.33. The van der Waals surface area contributed by atoms with E-state index < -0.39 is 0 Å². The molecule has 1 aromatic rings. The van der Waals surface area contributed by atoms with Crippen molar-refractivity contribution in [1.82, 2.24) is 4.90 Å². The molecule has 0 N–H and O–H groups in total. The van der Waals surface area contributed by atoms with Gasteiger partial charge in [-0.1, -0.05) is 26.0 Å². The second kappa shape index (κ2) is 8.83. The minimum absolute atomic E-state index is 0.0337. The van der Waals surface area contributed by atoms with E-state index >= 15 is 0 Å². The molecule has 0 aliphatic heterocycles. The predicted molar refractivity (Wildman–Crippen MR) is 86.3 cm³/mol. The molecule has 0 spiro atoms. The van der Waals surface area contributed by atoms with Crippen LogP contribution < -0.4 is 4.90 Å². The number of para-hydroxylation sites is 1. The maximum atomic E-state index is 12.5. The molecule has 0 bridgehead atoms. The molecule has 0 radical (unpaired) electrons. The van der Waals surface area contributed by atoms with E-state index in [1.54, 1.807) is 29.2 Å². The molecule has 1 aromatic carbocycles. The van der Waals surface area contributed by atoms with Gasteiger partial charge in [0.25, 0.3) is 0 Å². The molecule has 0 atom stereocenters. The van der Waals surface area contributed by atoms with Crippen molar-refractivity contribution in [1.29, 1.82) is 5.26 Å². The third-order valence-electron chi connectivity index (χ3n) is 3.33. The first-order valence-corrected chi connectivity index (χ1v) is 7.60. The number of carbonyl (C=O) groups is 2. The van der Waals surface area contributed by atoms with Gasteiger partial charge in [0, 0.05) is 20.0 Å². The Morgan fingerprint density at radius 1 is 1.14 bits per heavy atom. The smallest absolute Gasteiger partial charge is 0.242 e. The zero-order chi connectivity index (χ0) is 16.5. The van der Waals surface area contributed by atoms with Gasteiger partial charge in [-0.3, -0.25) is 9.59 Å². The summed E-state index contributed by atoms with van der Waals surface area (Å²) >= 11 is 0. The molecule has 5 heteroatoms. The molecule has 0 fully saturated rings. The topological polar surface area (TPSA) is 64.4 Å². The minimum Gasteiger partial charge on any atom is -0.341 e. The summed E-state index contributed by atoms with van der Waals surface area (Å²) in [6, 6.07) is 8.90. The first-order chi connectivity index (χ1) is 10.5. The highest BCUT2D eigenvalue weighted by Crippen LogP contribution is 2.20. The highest BCUT2D eigenvalue weighted by molar-refractivity contribution is 5.98. The third kappa shape index (κ3) is 4.59. The summed E-state index contributed by atoms with van der Waals surface area (Å²) < 4.78 is 0. The zero-order valence-electron chi connectivity index (χ0n) is 13.5. The highest BCUT2D eigenvalue weighted by atomic mass is 16.2. The summed E-state index contributed by atoms with van der Waals surface area (Å²) in [6.07, 6.45) is 1.75. The summed E-state index contributed by atoms with van der Waals surface area (Å²) in [5, 5.41) is 9.18. The van der Waals surface area contributed by atoms with Crippen molar-refractivity contribution in [3.05, 3.63) is 29.8 Å². The fraction of sp³-hybridized carbons (Fsp3) is 0.471. The van der Waals surface area contributed by atoms with E-state index in [2.05, 4.69) is 6.07 Å². The van der Waals surface area contributed by atoms with Gasteiger partial charge in [0.05, 0.1) is 11.3 Å². The molecular formula is C17H23N3O2. The van der Waals surface area contributed by atoms with Gasteiger partial charge in [0.15, 0.2) is 0 Å². The second-order valence-electron chi connectivity index (χ2n) is 5.11. The minimum atomic E-state index is -0.246. The van der Waals surface area contributed by atoms with Crippen molar-refractivity contribution in [3.8, 4) is 6.07 Å².